The van der Waals surface area contributed by atoms with Crippen LogP contribution in [0, 0.1) is 29.6 Å². The predicted molar refractivity (Wildman–Crippen MR) is 221 cm³/mol. The Bertz CT molecular complexity index is 774. The van der Waals surface area contributed by atoms with E-state index in [1.165, 1.54) is 111 Å². The number of piperidine rings is 4. The first kappa shape index (κ1) is 49.6. The quantitative estimate of drug-likeness (QED) is 0.349. The van der Waals surface area contributed by atoms with Crippen molar-refractivity contribution in [3.63, 3.8) is 0 Å². The van der Waals surface area contributed by atoms with Crippen LogP contribution in [-0.4, -0.2) is 190 Å². The summed E-state index contributed by atoms with van der Waals surface area (Å²) in [7, 11) is 12.8. The highest BCUT2D eigenvalue weighted by atomic mass is 16.5. The summed E-state index contributed by atoms with van der Waals surface area (Å²) >= 11 is 0. The summed E-state index contributed by atoms with van der Waals surface area (Å²) in [6.45, 7) is 21.9. The van der Waals surface area contributed by atoms with Crippen molar-refractivity contribution in [2.24, 2.45) is 29.6 Å². The number of nitrogens with zero attached hydrogens (tertiary/aromatic N) is 5. The van der Waals surface area contributed by atoms with E-state index in [1.54, 1.807) is 0 Å². The van der Waals surface area contributed by atoms with E-state index in [0.717, 1.165) is 67.9 Å². The zero-order chi connectivity index (χ0) is 32.9. The molecule has 0 aliphatic carbocycles. The number of likely N-dealkylation sites (tertiary alicyclic amines) is 3. The van der Waals surface area contributed by atoms with E-state index in [9.17, 15) is 0 Å². The third kappa shape index (κ3) is 16.7. The first-order chi connectivity index (χ1) is 22.2. The SMILES string of the molecule is C.C.C.C.CC1CN2CCC1CC2.CN1CC2CC1CN2.CN1CC2CNCC2C1.CNCC1CCCN(C)C1.CNCC1CN(C)CCO1. The fourth-order valence-electron chi connectivity index (χ4n) is 9.07. The highest BCUT2D eigenvalue weighted by molar-refractivity contribution is 4.95. The fourth-order valence-corrected chi connectivity index (χ4v) is 9.07. The van der Waals surface area contributed by atoms with Gasteiger partial charge >= 0.3 is 0 Å². The lowest BCUT2D eigenvalue weighted by Crippen LogP contribution is -2.46. The van der Waals surface area contributed by atoms with Crippen molar-refractivity contribution < 1.29 is 4.74 Å². The van der Waals surface area contributed by atoms with Crippen LogP contribution < -0.4 is 21.3 Å². The number of fused-ring (bicyclic) bond motifs is 6. The normalized spacial score (nSPS) is 35.7. The number of rotatable bonds is 4. The Balaban J connectivity index is 0.000000589. The van der Waals surface area contributed by atoms with Gasteiger partial charge in [-0.1, -0.05) is 36.6 Å². The maximum atomic E-state index is 5.48. The average Bonchev–Trinajstić information content (AvgIpc) is 3.83. The van der Waals surface area contributed by atoms with Crippen LogP contribution in [0.2, 0.25) is 0 Å². The molecule has 9 saturated heterocycles. The summed E-state index contributed by atoms with van der Waals surface area (Å²) in [5, 5.41) is 13.2. The lowest BCUT2D eigenvalue weighted by Gasteiger charge is -2.43. The first-order valence-corrected chi connectivity index (χ1v) is 19.1. The second-order valence-corrected chi connectivity index (χ2v) is 16.1. The van der Waals surface area contributed by atoms with E-state index in [4.69, 9.17) is 4.74 Å². The maximum absolute atomic E-state index is 5.48. The van der Waals surface area contributed by atoms with Gasteiger partial charge in [0.15, 0.2) is 0 Å². The minimum Gasteiger partial charge on any atom is -0.374 e. The standard InChI is InChI=1S/C8H18N2.C8H15N.C7H16N2O.C7H14N2.C6H12N2.4CH4/c1-9-6-8-4-3-5-10(2)7-8;1-7-6-9-4-2-8(7)3-5-9;1-8-5-7-6-9(2)3-4-10-7;1-9-4-6-2-8-3-7(6)5-9;1-8-4-5-2-6(8)3-7-5;;;;/h8-9H,3-7H2,1-2H3;7-8H,2-6H2,1H3;7-8H,3-6H2,1-2H3;6-8H,2-5H2,1H3;5-7H,2-4H2,1H3;4*1H4. The van der Waals surface area contributed by atoms with Crippen LogP contribution in [0.3, 0.4) is 0 Å². The number of likely N-dealkylation sites (N-methyl/N-ethyl adjacent to an activating group) is 3. The van der Waals surface area contributed by atoms with Gasteiger partial charge in [0, 0.05) is 71.0 Å². The summed E-state index contributed by atoms with van der Waals surface area (Å²) in [4.78, 5) is 12.2. The fraction of sp³-hybridized carbons (Fsp3) is 1.00. The Kier molecular flexibility index (Phi) is 26.2. The van der Waals surface area contributed by atoms with Crippen LogP contribution in [-0.2, 0) is 4.74 Å². The van der Waals surface area contributed by atoms with Gasteiger partial charge in [0.05, 0.1) is 12.7 Å². The summed E-state index contributed by atoms with van der Waals surface area (Å²) in [5.41, 5.74) is 0. The van der Waals surface area contributed by atoms with Crippen molar-refractivity contribution in [1.29, 1.82) is 0 Å². The molecule has 10 heteroatoms. The first-order valence-electron chi connectivity index (χ1n) is 19.1. The number of nitrogens with one attached hydrogen (secondary N) is 4. The lowest BCUT2D eigenvalue weighted by molar-refractivity contribution is -0.0172. The van der Waals surface area contributed by atoms with Crippen molar-refractivity contribution in [2.75, 3.05) is 147 Å². The molecular weight excluding hydrogens is 623 g/mol. The van der Waals surface area contributed by atoms with Gasteiger partial charge in [-0.3, -0.25) is 0 Å². The number of ether oxygens (including phenoxy) is 1. The van der Waals surface area contributed by atoms with Gasteiger partial charge in [0.1, 0.15) is 0 Å². The molecule has 0 saturated carbocycles. The Hall–Kier alpha value is -0.400. The van der Waals surface area contributed by atoms with Gasteiger partial charge < -0.3 is 50.5 Å². The highest BCUT2D eigenvalue weighted by Crippen LogP contribution is 2.31. The monoisotopic (exact) mass is 714 g/mol. The van der Waals surface area contributed by atoms with Crippen LogP contribution >= 0.6 is 0 Å². The molecule has 9 aliphatic heterocycles. The van der Waals surface area contributed by atoms with Gasteiger partial charge in [-0.15, -0.1) is 0 Å². The number of morpholine rings is 1. The molecule has 0 aromatic rings. The molecule has 10 nitrogen and oxygen atoms in total. The van der Waals surface area contributed by atoms with Crippen LogP contribution in [0.25, 0.3) is 0 Å². The molecule has 0 spiro atoms. The zero-order valence-corrected chi connectivity index (χ0v) is 31.1. The van der Waals surface area contributed by atoms with E-state index in [0.29, 0.717) is 6.10 Å². The highest BCUT2D eigenvalue weighted by Gasteiger charge is 2.35. The maximum Gasteiger partial charge on any atom is 0.0826 e. The smallest absolute Gasteiger partial charge is 0.0826 e. The van der Waals surface area contributed by atoms with Gasteiger partial charge in [-0.25, -0.2) is 0 Å². The molecule has 9 aliphatic rings. The summed E-state index contributed by atoms with van der Waals surface area (Å²) in [5.74, 6) is 4.90. The van der Waals surface area contributed by atoms with Crippen LogP contribution in [0.15, 0.2) is 0 Å². The summed E-state index contributed by atoms with van der Waals surface area (Å²) in [6, 6.07) is 1.69. The van der Waals surface area contributed by atoms with Gasteiger partial charge in [-0.05, 0) is 143 Å². The molecule has 7 unspecified atom stereocenters. The molecule has 50 heavy (non-hydrogen) atoms. The van der Waals surface area contributed by atoms with Crippen molar-refractivity contribution in [1.82, 2.24) is 45.8 Å². The molecular formula is C40H91N9O. The van der Waals surface area contributed by atoms with Crippen LogP contribution in [0.4, 0.5) is 0 Å². The third-order valence-corrected chi connectivity index (χ3v) is 11.9. The lowest BCUT2D eigenvalue weighted by atomic mass is 9.80. The zero-order valence-electron chi connectivity index (χ0n) is 31.1. The molecule has 0 radical (unpaired) electrons. The Morgan fingerprint density at radius 1 is 0.660 bits per heavy atom. The minimum absolute atomic E-state index is 0. The molecule has 0 aromatic carbocycles. The number of piperazine rings is 1. The average molecular weight is 714 g/mol. The molecule has 7 atom stereocenters. The molecule has 302 valence electrons. The summed E-state index contributed by atoms with van der Waals surface area (Å²) in [6.07, 6.45) is 7.51. The largest absolute Gasteiger partial charge is 0.374 e. The second kappa shape index (κ2) is 26.4. The van der Waals surface area contributed by atoms with Crippen molar-refractivity contribution in [3.05, 3.63) is 0 Å². The van der Waals surface area contributed by atoms with E-state index in [1.807, 2.05) is 14.1 Å². The van der Waals surface area contributed by atoms with E-state index >= 15 is 0 Å². The molecule has 0 aromatic heterocycles. The van der Waals surface area contributed by atoms with Gasteiger partial charge in [0.25, 0.3) is 0 Å². The van der Waals surface area contributed by atoms with E-state index < -0.39 is 0 Å². The molecule has 9 rings (SSSR count). The molecule has 9 fully saturated rings. The molecule has 0 amide bonds. The molecule has 9 heterocycles. The number of hydrogen-bond acceptors (Lipinski definition) is 10. The second-order valence-electron chi connectivity index (χ2n) is 16.1. The molecule has 4 bridgehead atoms. The van der Waals surface area contributed by atoms with E-state index in [-0.39, 0.29) is 29.7 Å². The van der Waals surface area contributed by atoms with Gasteiger partial charge in [0.2, 0.25) is 0 Å². The number of hydrogen-bond donors (Lipinski definition) is 4. The summed E-state index contributed by atoms with van der Waals surface area (Å²) < 4.78 is 5.48. The van der Waals surface area contributed by atoms with Crippen molar-refractivity contribution in [3.8, 4) is 0 Å². The van der Waals surface area contributed by atoms with Crippen molar-refractivity contribution >= 4 is 0 Å². The van der Waals surface area contributed by atoms with Gasteiger partial charge in [-0.2, -0.15) is 0 Å². The minimum atomic E-state index is 0. The van der Waals surface area contributed by atoms with Crippen LogP contribution in [0.1, 0.15) is 68.7 Å². The van der Waals surface area contributed by atoms with Crippen molar-refractivity contribution in [2.45, 2.75) is 86.9 Å². The predicted octanol–water partition coefficient (Wildman–Crippen LogP) is 3.41. The molecule has 4 N–H and O–H groups in total. The Morgan fingerprint density at radius 3 is 1.72 bits per heavy atom. The van der Waals surface area contributed by atoms with E-state index in [2.05, 4.69) is 80.9 Å². The van der Waals surface area contributed by atoms with Crippen LogP contribution in [0.5, 0.6) is 0 Å². The topological polar surface area (TPSA) is 73.6 Å². The third-order valence-electron chi connectivity index (χ3n) is 11.9. The Labute approximate surface area is 313 Å². The Morgan fingerprint density at radius 2 is 1.30 bits per heavy atom.